The summed E-state index contributed by atoms with van der Waals surface area (Å²) in [6.07, 6.45) is 3.82. The highest BCUT2D eigenvalue weighted by Crippen LogP contribution is 2.42. The van der Waals surface area contributed by atoms with E-state index in [9.17, 15) is 9.59 Å². The molecule has 8 nitrogen and oxygen atoms in total. The molecule has 1 aliphatic heterocycles. The molecule has 0 spiro atoms. The highest BCUT2D eigenvalue weighted by atomic mass is 32.2. The van der Waals surface area contributed by atoms with Crippen LogP contribution >= 0.6 is 11.8 Å². The molecule has 144 valence electrons. The van der Waals surface area contributed by atoms with Crippen molar-refractivity contribution in [1.82, 2.24) is 25.4 Å². The highest BCUT2D eigenvalue weighted by molar-refractivity contribution is 7.99. The van der Waals surface area contributed by atoms with E-state index in [0.29, 0.717) is 23.9 Å². The fraction of sp³-hybridized carbons (Fsp3) is 0.765. The van der Waals surface area contributed by atoms with Gasteiger partial charge in [0.2, 0.25) is 17.0 Å². The molecule has 9 heteroatoms. The largest absolute Gasteiger partial charge is 0.376 e. The Bertz CT molecular complexity index is 667. The average molecular weight is 382 g/mol. The standard InChI is InChI=1S/C17H27N5O3S/c1-4-14(23)19-12-5-6-17(25-3)7-8-22(13(17)9-12)15(24)10-26-16-18-11(2)20-21-16/h12-13H,4-10H2,1-3H3,(H,19,23)(H,18,20,21)/t12-,13+,17-/m1/s1. The topological polar surface area (TPSA) is 100 Å². The summed E-state index contributed by atoms with van der Waals surface area (Å²) in [7, 11) is 1.73. The third kappa shape index (κ3) is 3.88. The smallest absolute Gasteiger partial charge is 0.233 e. The van der Waals surface area contributed by atoms with Crippen LogP contribution in [0.5, 0.6) is 0 Å². The number of carbonyl (C=O) groups excluding carboxylic acids is 2. The van der Waals surface area contributed by atoms with Crippen LogP contribution in [0.4, 0.5) is 0 Å². The van der Waals surface area contributed by atoms with E-state index in [1.807, 2.05) is 18.7 Å². The molecule has 2 fully saturated rings. The second kappa shape index (κ2) is 7.96. The summed E-state index contributed by atoms with van der Waals surface area (Å²) in [6.45, 7) is 4.38. The number of amides is 2. The molecule has 2 aliphatic rings. The molecule has 1 aromatic heterocycles. The first-order valence-electron chi connectivity index (χ1n) is 9.13. The van der Waals surface area contributed by atoms with Gasteiger partial charge in [-0.05, 0) is 32.6 Å². The molecule has 1 aromatic rings. The fourth-order valence-electron chi connectivity index (χ4n) is 4.05. The summed E-state index contributed by atoms with van der Waals surface area (Å²) in [4.78, 5) is 30.7. The number of nitrogens with one attached hydrogen (secondary N) is 2. The summed E-state index contributed by atoms with van der Waals surface area (Å²) in [5.41, 5.74) is -0.283. The van der Waals surface area contributed by atoms with Crippen molar-refractivity contribution in [1.29, 1.82) is 0 Å². The molecule has 0 aromatic carbocycles. The van der Waals surface area contributed by atoms with E-state index in [0.717, 1.165) is 31.5 Å². The van der Waals surface area contributed by atoms with Gasteiger partial charge in [-0.3, -0.25) is 14.7 Å². The number of fused-ring (bicyclic) bond motifs is 1. The Morgan fingerprint density at radius 1 is 1.46 bits per heavy atom. The first-order valence-corrected chi connectivity index (χ1v) is 10.1. The first-order chi connectivity index (χ1) is 12.5. The van der Waals surface area contributed by atoms with Gasteiger partial charge in [0, 0.05) is 26.1 Å². The number of hydrogen-bond acceptors (Lipinski definition) is 6. The van der Waals surface area contributed by atoms with E-state index < -0.39 is 0 Å². The number of aryl methyl sites for hydroxylation is 1. The van der Waals surface area contributed by atoms with Crippen molar-refractivity contribution in [2.75, 3.05) is 19.4 Å². The van der Waals surface area contributed by atoms with E-state index in [4.69, 9.17) is 4.74 Å². The molecular formula is C17H27N5O3S. The third-order valence-corrected chi connectivity index (χ3v) is 6.33. The van der Waals surface area contributed by atoms with Gasteiger partial charge in [0.15, 0.2) is 0 Å². The molecule has 2 amide bonds. The van der Waals surface area contributed by atoms with Gasteiger partial charge in [0.25, 0.3) is 0 Å². The Hall–Kier alpha value is -1.61. The molecule has 3 rings (SSSR count). The monoisotopic (exact) mass is 381 g/mol. The number of nitrogens with zero attached hydrogens (tertiary/aromatic N) is 3. The summed E-state index contributed by atoms with van der Waals surface area (Å²) in [6, 6.07) is 0.109. The van der Waals surface area contributed by atoms with Crippen molar-refractivity contribution in [2.24, 2.45) is 0 Å². The number of H-pyrrole nitrogens is 1. The molecule has 0 bridgehead atoms. The van der Waals surface area contributed by atoms with E-state index in [1.54, 1.807) is 7.11 Å². The second-order valence-electron chi connectivity index (χ2n) is 7.01. The molecule has 1 aliphatic carbocycles. The molecule has 0 unspecified atom stereocenters. The zero-order chi connectivity index (χ0) is 18.7. The Labute approximate surface area is 157 Å². The number of aromatic nitrogens is 3. The lowest BCUT2D eigenvalue weighted by atomic mass is 9.78. The van der Waals surface area contributed by atoms with Crippen LogP contribution < -0.4 is 5.32 Å². The molecule has 1 saturated carbocycles. The fourth-order valence-corrected chi connectivity index (χ4v) is 4.78. The molecule has 3 atom stereocenters. The Kier molecular flexibility index (Phi) is 5.86. The number of rotatable bonds is 6. The third-order valence-electron chi connectivity index (χ3n) is 5.50. The summed E-state index contributed by atoms with van der Waals surface area (Å²) in [5.74, 6) is 1.18. The minimum absolute atomic E-state index is 0.00499. The predicted molar refractivity (Wildman–Crippen MR) is 97.8 cm³/mol. The zero-order valence-electron chi connectivity index (χ0n) is 15.6. The van der Waals surface area contributed by atoms with Crippen molar-refractivity contribution >= 4 is 23.6 Å². The minimum atomic E-state index is -0.283. The van der Waals surface area contributed by atoms with Crippen molar-refractivity contribution < 1.29 is 14.3 Å². The highest BCUT2D eigenvalue weighted by Gasteiger charge is 2.52. The van der Waals surface area contributed by atoms with Gasteiger partial charge in [0.1, 0.15) is 5.82 Å². The number of thioether (sulfide) groups is 1. The van der Waals surface area contributed by atoms with E-state index in [2.05, 4.69) is 20.5 Å². The number of carbonyl (C=O) groups is 2. The molecule has 1 saturated heterocycles. The van der Waals surface area contributed by atoms with E-state index in [1.165, 1.54) is 11.8 Å². The lowest BCUT2D eigenvalue weighted by Gasteiger charge is -2.43. The maximum absolute atomic E-state index is 12.8. The van der Waals surface area contributed by atoms with Crippen molar-refractivity contribution in [3.8, 4) is 0 Å². The lowest BCUT2D eigenvalue weighted by molar-refractivity contribution is -0.135. The second-order valence-corrected chi connectivity index (χ2v) is 7.95. The molecule has 2 N–H and O–H groups in total. The SMILES string of the molecule is CCC(=O)N[C@@H]1CC[C@@]2(OC)CCN(C(=O)CSc3n[nH]c(C)n3)[C@H]2C1. The van der Waals surface area contributed by atoms with Crippen LogP contribution in [0, 0.1) is 6.92 Å². The van der Waals surface area contributed by atoms with E-state index in [-0.39, 0.29) is 29.5 Å². The Balaban J connectivity index is 1.65. The normalized spacial score (nSPS) is 28.0. The van der Waals surface area contributed by atoms with Gasteiger partial charge < -0.3 is 15.0 Å². The van der Waals surface area contributed by atoms with E-state index >= 15 is 0 Å². The lowest BCUT2D eigenvalue weighted by Crippen LogP contribution is -2.56. The summed E-state index contributed by atoms with van der Waals surface area (Å²) in [5, 5.41) is 10.5. The van der Waals surface area contributed by atoms with Crippen LogP contribution in [-0.2, 0) is 14.3 Å². The number of aromatic amines is 1. The van der Waals surface area contributed by atoms with Crippen LogP contribution in [0.1, 0.15) is 44.9 Å². The molecule has 26 heavy (non-hydrogen) atoms. The van der Waals surface area contributed by atoms with Gasteiger partial charge in [-0.2, -0.15) is 0 Å². The molecular weight excluding hydrogens is 354 g/mol. The van der Waals surface area contributed by atoms with Gasteiger partial charge in [-0.1, -0.05) is 18.7 Å². The van der Waals surface area contributed by atoms with Crippen LogP contribution in [0.3, 0.4) is 0 Å². The van der Waals surface area contributed by atoms with Crippen LogP contribution in [-0.4, -0.2) is 69.0 Å². The minimum Gasteiger partial charge on any atom is -0.376 e. The summed E-state index contributed by atoms with van der Waals surface area (Å²) >= 11 is 1.34. The van der Waals surface area contributed by atoms with Gasteiger partial charge in [-0.15, -0.1) is 5.10 Å². The maximum atomic E-state index is 12.8. The number of ether oxygens (including phenoxy) is 1. The van der Waals surface area contributed by atoms with Gasteiger partial charge in [0.05, 0.1) is 17.4 Å². The Morgan fingerprint density at radius 2 is 2.27 bits per heavy atom. The Morgan fingerprint density at radius 3 is 2.92 bits per heavy atom. The van der Waals surface area contributed by atoms with Crippen LogP contribution in [0.2, 0.25) is 0 Å². The number of likely N-dealkylation sites (tertiary alicyclic amines) is 1. The summed E-state index contributed by atoms with van der Waals surface area (Å²) < 4.78 is 5.89. The number of hydrogen-bond donors (Lipinski definition) is 2. The van der Waals surface area contributed by atoms with Crippen LogP contribution in [0.15, 0.2) is 5.16 Å². The average Bonchev–Trinajstić information content (AvgIpc) is 3.23. The van der Waals surface area contributed by atoms with Crippen LogP contribution in [0.25, 0.3) is 0 Å². The van der Waals surface area contributed by atoms with Crippen molar-refractivity contribution in [3.63, 3.8) is 0 Å². The molecule has 2 heterocycles. The van der Waals surface area contributed by atoms with Crippen molar-refractivity contribution in [2.45, 2.75) is 68.8 Å². The predicted octanol–water partition coefficient (Wildman–Crippen LogP) is 1.27. The zero-order valence-corrected chi connectivity index (χ0v) is 16.4. The maximum Gasteiger partial charge on any atom is 0.233 e. The number of methoxy groups -OCH3 is 1. The van der Waals surface area contributed by atoms with Gasteiger partial charge >= 0.3 is 0 Å². The first kappa shape index (κ1) is 19.2. The quantitative estimate of drug-likeness (QED) is 0.720. The molecule has 0 radical (unpaired) electrons. The van der Waals surface area contributed by atoms with Crippen molar-refractivity contribution in [3.05, 3.63) is 5.82 Å². The van der Waals surface area contributed by atoms with Gasteiger partial charge in [-0.25, -0.2) is 4.98 Å².